The molecule has 1 aromatic carbocycles. The summed E-state index contributed by atoms with van der Waals surface area (Å²) in [6.45, 7) is 0.514. The van der Waals surface area contributed by atoms with E-state index in [1.807, 2.05) is 23.1 Å². The molecule has 0 spiro atoms. The largest absolute Gasteiger partial charge is 0.477 e. The number of pyridine rings is 1. The summed E-state index contributed by atoms with van der Waals surface area (Å²) in [7, 11) is 0. The summed E-state index contributed by atoms with van der Waals surface area (Å²) in [5, 5.41) is 0. The van der Waals surface area contributed by atoms with Gasteiger partial charge in [0.2, 0.25) is 5.88 Å². The number of nitrogens with zero attached hydrogens (tertiary/aromatic N) is 4. The molecule has 4 heterocycles. The van der Waals surface area contributed by atoms with E-state index in [2.05, 4.69) is 15.0 Å². The Morgan fingerprint density at radius 3 is 2.70 bits per heavy atom. The van der Waals surface area contributed by atoms with Crippen LogP contribution >= 0.6 is 0 Å². The number of ether oxygens (including phenoxy) is 1. The standard InChI is InChI=1S/C23H21FN4O2/c24-16-5-7-18(22-26-10-3-11-27-22)19(13-16)23(29)28-17-6-8-20(28)15(12-17)14-30-21-4-1-2-9-25-21/h1-5,7,9-11,13,15,17,20H,6,8,12,14H2/t15-,17+,20-/m0/s1. The van der Waals surface area contributed by atoms with Crippen molar-refractivity contribution in [2.24, 2.45) is 5.92 Å². The maximum absolute atomic E-state index is 14.1. The van der Waals surface area contributed by atoms with Crippen LogP contribution in [0.25, 0.3) is 11.4 Å². The lowest BCUT2D eigenvalue weighted by atomic mass is 9.90. The SMILES string of the molecule is O=C(c1cc(F)ccc1-c1ncccn1)N1[C@@H]2CC[C@H]1[C@H](COc1ccccn1)C2. The summed E-state index contributed by atoms with van der Waals surface area (Å²) < 4.78 is 19.9. The van der Waals surface area contributed by atoms with E-state index < -0.39 is 5.82 Å². The molecule has 0 N–H and O–H groups in total. The molecule has 1 amide bonds. The van der Waals surface area contributed by atoms with Gasteiger partial charge in [0.05, 0.1) is 12.2 Å². The van der Waals surface area contributed by atoms with E-state index in [1.165, 1.54) is 12.1 Å². The third-order valence-electron chi connectivity index (χ3n) is 6.00. The van der Waals surface area contributed by atoms with Gasteiger partial charge in [-0.05, 0) is 49.6 Å². The van der Waals surface area contributed by atoms with Crippen LogP contribution in [0.4, 0.5) is 4.39 Å². The average Bonchev–Trinajstić information content (AvgIpc) is 3.36. The maximum Gasteiger partial charge on any atom is 0.255 e. The van der Waals surface area contributed by atoms with Crippen LogP contribution in [0.2, 0.25) is 0 Å². The van der Waals surface area contributed by atoms with Crippen LogP contribution in [-0.2, 0) is 0 Å². The molecular formula is C23H21FN4O2. The Labute approximate surface area is 173 Å². The fourth-order valence-corrected chi connectivity index (χ4v) is 4.70. The molecule has 2 saturated heterocycles. The molecule has 5 rings (SSSR count). The predicted molar refractivity (Wildman–Crippen MR) is 108 cm³/mol. The van der Waals surface area contributed by atoms with Crippen LogP contribution in [0.15, 0.2) is 61.1 Å². The minimum absolute atomic E-state index is 0.0824. The number of fused-ring (bicyclic) bond motifs is 2. The molecule has 152 valence electrons. The number of hydrogen-bond donors (Lipinski definition) is 0. The van der Waals surface area contributed by atoms with E-state index in [1.54, 1.807) is 30.7 Å². The summed E-state index contributed by atoms with van der Waals surface area (Å²) in [5.74, 6) is 0.637. The molecule has 6 nitrogen and oxygen atoms in total. The zero-order chi connectivity index (χ0) is 20.5. The number of carbonyl (C=O) groups is 1. The first-order chi connectivity index (χ1) is 14.7. The molecule has 2 aliphatic heterocycles. The summed E-state index contributed by atoms with van der Waals surface area (Å²) in [6.07, 6.45) is 7.70. The van der Waals surface area contributed by atoms with Crippen molar-refractivity contribution in [3.8, 4) is 17.3 Å². The van der Waals surface area contributed by atoms with Gasteiger partial charge in [0.15, 0.2) is 5.82 Å². The fraction of sp³-hybridized carbons (Fsp3) is 0.304. The summed E-state index contributed by atoms with van der Waals surface area (Å²) in [5.41, 5.74) is 0.860. The van der Waals surface area contributed by atoms with Crippen molar-refractivity contribution in [2.45, 2.75) is 31.3 Å². The number of halogens is 1. The quantitative estimate of drug-likeness (QED) is 0.648. The van der Waals surface area contributed by atoms with Gasteiger partial charge >= 0.3 is 0 Å². The second-order valence-corrected chi connectivity index (χ2v) is 7.75. The molecule has 0 radical (unpaired) electrons. The third kappa shape index (κ3) is 3.40. The Kier molecular flexibility index (Phi) is 4.86. The monoisotopic (exact) mass is 404 g/mol. The summed E-state index contributed by atoms with van der Waals surface area (Å²) in [6, 6.07) is 11.7. The first-order valence-electron chi connectivity index (χ1n) is 10.1. The number of benzene rings is 1. The molecule has 2 aromatic heterocycles. The van der Waals surface area contributed by atoms with E-state index in [9.17, 15) is 9.18 Å². The topological polar surface area (TPSA) is 68.2 Å². The predicted octanol–water partition coefficient (Wildman–Crippen LogP) is 3.75. The van der Waals surface area contributed by atoms with Crippen LogP contribution in [0, 0.1) is 11.7 Å². The maximum atomic E-state index is 14.1. The number of carbonyl (C=O) groups excluding carboxylic acids is 1. The molecule has 2 fully saturated rings. The van der Waals surface area contributed by atoms with Gasteiger partial charge < -0.3 is 9.64 Å². The van der Waals surface area contributed by atoms with Gasteiger partial charge in [-0.2, -0.15) is 0 Å². The van der Waals surface area contributed by atoms with Crippen molar-refractivity contribution in [3.05, 3.63) is 72.4 Å². The van der Waals surface area contributed by atoms with E-state index in [0.29, 0.717) is 29.4 Å². The second kappa shape index (κ2) is 7.82. The van der Waals surface area contributed by atoms with E-state index in [0.717, 1.165) is 19.3 Å². The highest BCUT2D eigenvalue weighted by molar-refractivity contribution is 6.00. The zero-order valence-electron chi connectivity index (χ0n) is 16.3. The van der Waals surface area contributed by atoms with Gasteiger partial charge in [0.1, 0.15) is 5.82 Å². The minimum Gasteiger partial charge on any atom is -0.477 e. The Morgan fingerprint density at radius 1 is 1.07 bits per heavy atom. The first kappa shape index (κ1) is 18.7. The second-order valence-electron chi connectivity index (χ2n) is 7.75. The van der Waals surface area contributed by atoms with Gasteiger partial charge in [-0.25, -0.2) is 19.3 Å². The number of rotatable bonds is 5. The molecule has 7 heteroatoms. The Balaban J connectivity index is 1.39. The number of aromatic nitrogens is 3. The Bertz CT molecular complexity index is 1050. The van der Waals surface area contributed by atoms with Crippen molar-refractivity contribution < 1.29 is 13.9 Å². The normalized spacial score (nSPS) is 22.3. The highest BCUT2D eigenvalue weighted by atomic mass is 19.1. The molecule has 3 aromatic rings. The van der Waals surface area contributed by atoms with Gasteiger partial charge in [-0.3, -0.25) is 4.79 Å². The van der Waals surface area contributed by atoms with Gasteiger partial charge in [0.25, 0.3) is 5.91 Å². The highest BCUT2D eigenvalue weighted by Gasteiger charge is 2.49. The first-order valence-corrected chi connectivity index (χ1v) is 10.1. The Morgan fingerprint density at radius 2 is 1.90 bits per heavy atom. The van der Waals surface area contributed by atoms with Crippen molar-refractivity contribution in [3.63, 3.8) is 0 Å². The van der Waals surface area contributed by atoms with Gasteiger partial charge in [-0.1, -0.05) is 6.07 Å². The molecule has 0 aliphatic carbocycles. The van der Waals surface area contributed by atoms with Crippen LogP contribution in [0.5, 0.6) is 5.88 Å². The van der Waals surface area contributed by atoms with Crippen molar-refractivity contribution >= 4 is 5.91 Å². The fourth-order valence-electron chi connectivity index (χ4n) is 4.70. The lowest BCUT2D eigenvalue weighted by Gasteiger charge is -2.25. The van der Waals surface area contributed by atoms with Crippen LogP contribution in [-0.4, -0.2) is 44.4 Å². The Hall–Kier alpha value is -3.35. The van der Waals surface area contributed by atoms with Crippen molar-refractivity contribution in [1.82, 2.24) is 19.9 Å². The smallest absolute Gasteiger partial charge is 0.255 e. The third-order valence-corrected chi connectivity index (χ3v) is 6.00. The molecule has 2 aliphatic rings. The van der Waals surface area contributed by atoms with E-state index in [4.69, 9.17) is 4.74 Å². The van der Waals surface area contributed by atoms with Gasteiger partial charge in [0, 0.05) is 48.2 Å². The van der Waals surface area contributed by atoms with E-state index in [-0.39, 0.29) is 23.9 Å². The van der Waals surface area contributed by atoms with Crippen molar-refractivity contribution in [2.75, 3.05) is 6.61 Å². The molecule has 3 atom stereocenters. The van der Waals surface area contributed by atoms with Gasteiger partial charge in [-0.15, -0.1) is 0 Å². The lowest BCUT2D eigenvalue weighted by Crippen LogP contribution is -2.37. The number of hydrogen-bond acceptors (Lipinski definition) is 5. The number of amides is 1. The summed E-state index contributed by atoms with van der Waals surface area (Å²) >= 11 is 0. The van der Waals surface area contributed by atoms with E-state index >= 15 is 0 Å². The average molecular weight is 404 g/mol. The molecule has 0 saturated carbocycles. The molecule has 2 bridgehead atoms. The lowest BCUT2D eigenvalue weighted by molar-refractivity contribution is 0.0710. The van der Waals surface area contributed by atoms with Crippen LogP contribution in [0.1, 0.15) is 29.6 Å². The van der Waals surface area contributed by atoms with Crippen molar-refractivity contribution in [1.29, 1.82) is 0 Å². The molecule has 30 heavy (non-hydrogen) atoms. The highest BCUT2D eigenvalue weighted by Crippen LogP contribution is 2.43. The molecular weight excluding hydrogens is 383 g/mol. The molecule has 0 unspecified atom stereocenters. The van der Waals surface area contributed by atoms with Crippen LogP contribution < -0.4 is 4.74 Å². The summed E-state index contributed by atoms with van der Waals surface area (Å²) in [4.78, 5) is 28.1. The minimum atomic E-state index is -0.445. The van der Waals surface area contributed by atoms with Crippen LogP contribution in [0.3, 0.4) is 0 Å². The zero-order valence-corrected chi connectivity index (χ0v) is 16.3.